The Kier molecular flexibility index (Phi) is 8.59. The smallest absolute Gasteiger partial charge is 0.253 e. The molecule has 0 atom stereocenters. The van der Waals surface area contributed by atoms with Gasteiger partial charge in [-0.25, -0.2) is 4.39 Å². The first-order chi connectivity index (χ1) is 15.1. The van der Waals surface area contributed by atoms with Crippen LogP contribution in [0, 0.1) is 5.82 Å². The molecule has 0 radical (unpaired) electrons. The summed E-state index contributed by atoms with van der Waals surface area (Å²) in [5, 5.41) is 0. The van der Waals surface area contributed by atoms with Crippen LogP contribution in [-0.4, -0.2) is 65.8 Å². The Morgan fingerprint density at radius 2 is 1.65 bits per heavy atom. The molecule has 1 saturated heterocycles. The van der Waals surface area contributed by atoms with Gasteiger partial charge in [0.25, 0.3) is 5.91 Å². The predicted molar refractivity (Wildman–Crippen MR) is 120 cm³/mol. The number of hydrogen-bond donors (Lipinski definition) is 0. The number of unbranched alkanes of at least 4 members (excludes halogenated alkanes) is 1. The van der Waals surface area contributed by atoms with E-state index in [4.69, 9.17) is 0 Å². The Bertz CT molecular complexity index is 834. The molecule has 1 fully saturated rings. The minimum Gasteiger partial charge on any atom is -0.337 e. The van der Waals surface area contributed by atoms with Gasteiger partial charge < -0.3 is 9.80 Å². The van der Waals surface area contributed by atoms with Crippen molar-refractivity contribution in [3.05, 3.63) is 71.5 Å². The lowest BCUT2D eigenvalue weighted by Gasteiger charge is -2.36. The summed E-state index contributed by atoms with van der Waals surface area (Å²) in [7, 11) is 0. The minimum absolute atomic E-state index is 0.0768. The van der Waals surface area contributed by atoms with Gasteiger partial charge in [0, 0.05) is 57.8 Å². The second kappa shape index (κ2) is 11.6. The molecule has 3 rings (SSSR count). The normalized spacial score (nSPS) is 14.5. The van der Waals surface area contributed by atoms with Crippen LogP contribution in [0.1, 0.15) is 42.1 Å². The zero-order valence-corrected chi connectivity index (χ0v) is 18.3. The molecular formula is C25H32FN3O2. The fourth-order valence-corrected chi connectivity index (χ4v) is 3.79. The molecule has 1 heterocycles. The van der Waals surface area contributed by atoms with Crippen LogP contribution in [-0.2, 0) is 11.3 Å². The summed E-state index contributed by atoms with van der Waals surface area (Å²) in [6, 6.07) is 15.7. The first-order valence-corrected chi connectivity index (χ1v) is 11.2. The number of rotatable bonds is 9. The third-order valence-corrected chi connectivity index (χ3v) is 5.75. The summed E-state index contributed by atoms with van der Waals surface area (Å²) < 4.78 is 13.2. The van der Waals surface area contributed by atoms with Crippen LogP contribution in [0.15, 0.2) is 54.6 Å². The van der Waals surface area contributed by atoms with Crippen LogP contribution in [0.3, 0.4) is 0 Å². The van der Waals surface area contributed by atoms with Crippen molar-refractivity contribution < 1.29 is 14.0 Å². The highest BCUT2D eigenvalue weighted by Gasteiger charge is 2.23. The fourth-order valence-electron chi connectivity index (χ4n) is 3.79. The number of nitrogens with zero attached hydrogens (tertiary/aromatic N) is 3. The molecule has 0 aliphatic carbocycles. The number of carbonyl (C=O) groups is 2. The molecule has 5 nitrogen and oxygen atoms in total. The summed E-state index contributed by atoms with van der Waals surface area (Å²) in [5.41, 5.74) is 1.66. The number of amides is 2. The van der Waals surface area contributed by atoms with Crippen LogP contribution in [0.25, 0.3) is 0 Å². The molecule has 31 heavy (non-hydrogen) atoms. The predicted octanol–water partition coefficient (Wildman–Crippen LogP) is 3.80. The van der Waals surface area contributed by atoms with Gasteiger partial charge >= 0.3 is 0 Å². The van der Waals surface area contributed by atoms with Crippen molar-refractivity contribution in [3.63, 3.8) is 0 Å². The van der Waals surface area contributed by atoms with Crippen molar-refractivity contribution in [2.45, 2.75) is 32.7 Å². The van der Waals surface area contributed by atoms with Crippen molar-refractivity contribution in [2.75, 3.05) is 39.3 Å². The third kappa shape index (κ3) is 6.89. The van der Waals surface area contributed by atoms with Gasteiger partial charge in [-0.3, -0.25) is 14.5 Å². The van der Waals surface area contributed by atoms with E-state index in [1.807, 2.05) is 40.1 Å². The van der Waals surface area contributed by atoms with Crippen molar-refractivity contribution in [1.29, 1.82) is 0 Å². The molecule has 2 amide bonds. The Morgan fingerprint density at radius 1 is 0.968 bits per heavy atom. The highest BCUT2D eigenvalue weighted by molar-refractivity contribution is 5.94. The second-order valence-corrected chi connectivity index (χ2v) is 8.05. The number of piperazine rings is 1. The standard InChI is InChI=1S/C25H32FN3O2/c1-2-3-9-24(30)29(20-21-10-12-23(26)13-11-21)19-16-27-14-17-28(18-15-27)25(31)22-7-5-4-6-8-22/h4-8,10-13H,2-3,9,14-20H2,1H3. The van der Waals surface area contributed by atoms with Crippen LogP contribution in [0.5, 0.6) is 0 Å². The first-order valence-electron chi connectivity index (χ1n) is 11.2. The number of carbonyl (C=O) groups excluding carboxylic acids is 2. The number of benzene rings is 2. The quantitative estimate of drug-likeness (QED) is 0.614. The average molecular weight is 426 g/mol. The third-order valence-electron chi connectivity index (χ3n) is 5.75. The Balaban J connectivity index is 1.52. The molecule has 0 spiro atoms. The SMILES string of the molecule is CCCCC(=O)N(CCN1CCN(C(=O)c2ccccc2)CC1)Cc1ccc(F)cc1. The molecule has 2 aromatic rings. The van der Waals surface area contributed by atoms with E-state index in [9.17, 15) is 14.0 Å². The van der Waals surface area contributed by atoms with Gasteiger partial charge in [0.05, 0.1) is 0 Å². The van der Waals surface area contributed by atoms with Crippen molar-refractivity contribution in [3.8, 4) is 0 Å². The fraction of sp³-hybridized carbons (Fsp3) is 0.440. The molecule has 1 aliphatic heterocycles. The Morgan fingerprint density at radius 3 is 2.29 bits per heavy atom. The Hall–Kier alpha value is -2.73. The lowest BCUT2D eigenvalue weighted by atomic mass is 10.1. The highest BCUT2D eigenvalue weighted by Crippen LogP contribution is 2.12. The summed E-state index contributed by atoms with van der Waals surface area (Å²) in [5.74, 6) is -0.0486. The van der Waals surface area contributed by atoms with E-state index in [1.165, 1.54) is 12.1 Å². The highest BCUT2D eigenvalue weighted by atomic mass is 19.1. The van der Waals surface area contributed by atoms with E-state index in [-0.39, 0.29) is 17.6 Å². The van der Waals surface area contributed by atoms with Crippen LogP contribution >= 0.6 is 0 Å². The molecule has 0 unspecified atom stereocenters. The van der Waals surface area contributed by atoms with E-state index in [1.54, 1.807) is 12.1 Å². The summed E-state index contributed by atoms with van der Waals surface area (Å²) in [6.07, 6.45) is 2.39. The van der Waals surface area contributed by atoms with Gasteiger partial charge in [-0.2, -0.15) is 0 Å². The minimum atomic E-state index is -0.268. The zero-order chi connectivity index (χ0) is 22.1. The molecule has 1 aliphatic rings. The second-order valence-electron chi connectivity index (χ2n) is 8.05. The maximum absolute atomic E-state index is 13.2. The van der Waals surface area contributed by atoms with Crippen molar-refractivity contribution >= 4 is 11.8 Å². The largest absolute Gasteiger partial charge is 0.337 e. The van der Waals surface area contributed by atoms with Gasteiger partial charge in [-0.1, -0.05) is 43.7 Å². The zero-order valence-electron chi connectivity index (χ0n) is 18.3. The van der Waals surface area contributed by atoms with Gasteiger partial charge in [-0.05, 0) is 36.2 Å². The van der Waals surface area contributed by atoms with Gasteiger partial charge in [0.2, 0.25) is 5.91 Å². The molecule has 0 aromatic heterocycles. The molecule has 6 heteroatoms. The van der Waals surface area contributed by atoms with Gasteiger partial charge in [0.15, 0.2) is 0 Å². The molecule has 0 N–H and O–H groups in total. The Labute approximate surface area is 184 Å². The van der Waals surface area contributed by atoms with E-state index in [0.717, 1.165) is 43.6 Å². The van der Waals surface area contributed by atoms with Crippen LogP contribution in [0.4, 0.5) is 4.39 Å². The molecule has 0 saturated carbocycles. The van der Waals surface area contributed by atoms with Crippen molar-refractivity contribution in [1.82, 2.24) is 14.7 Å². The van der Waals surface area contributed by atoms with Crippen LogP contribution < -0.4 is 0 Å². The van der Waals surface area contributed by atoms with E-state index in [0.29, 0.717) is 32.6 Å². The molecule has 166 valence electrons. The van der Waals surface area contributed by atoms with Gasteiger partial charge in [0.1, 0.15) is 5.82 Å². The number of halogens is 1. The lowest BCUT2D eigenvalue weighted by molar-refractivity contribution is -0.132. The maximum Gasteiger partial charge on any atom is 0.253 e. The summed E-state index contributed by atoms with van der Waals surface area (Å²) in [6.45, 7) is 6.95. The van der Waals surface area contributed by atoms with E-state index < -0.39 is 0 Å². The molecule has 2 aromatic carbocycles. The van der Waals surface area contributed by atoms with Crippen molar-refractivity contribution in [2.24, 2.45) is 0 Å². The monoisotopic (exact) mass is 425 g/mol. The topological polar surface area (TPSA) is 43.9 Å². The van der Waals surface area contributed by atoms with E-state index in [2.05, 4.69) is 11.8 Å². The number of hydrogen-bond acceptors (Lipinski definition) is 3. The molecule has 0 bridgehead atoms. The first kappa shape index (κ1) is 22.9. The maximum atomic E-state index is 13.2. The summed E-state index contributed by atoms with van der Waals surface area (Å²) in [4.78, 5) is 31.4. The summed E-state index contributed by atoms with van der Waals surface area (Å²) >= 11 is 0. The van der Waals surface area contributed by atoms with Gasteiger partial charge in [-0.15, -0.1) is 0 Å². The average Bonchev–Trinajstić information content (AvgIpc) is 2.82. The lowest BCUT2D eigenvalue weighted by Crippen LogP contribution is -2.50. The van der Waals surface area contributed by atoms with Crippen LogP contribution in [0.2, 0.25) is 0 Å². The van der Waals surface area contributed by atoms with E-state index >= 15 is 0 Å². The molecular weight excluding hydrogens is 393 g/mol.